The number of methoxy groups -OCH3 is 1. The van der Waals surface area contributed by atoms with Crippen molar-refractivity contribution in [1.82, 2.24) is 9.78 Å². The van der Waals surface area contributed by atoms with Crippen LogP contribution in [0.25, 0.3) is 23.0 Å². The van der Waals surface area contributed by atoms with Crippen LogP contribution in [-0.4, -0.2) is 40.9 Å². The van der Waals surface area contributed by atoms with Gasteiger partial charge in [-0.05, 0) is 42.5 Å². The molecule has 35 heavy (non-hydrogen) atoms. The predicted molar refractivity (Wildman–Crippen MR) is 131 cm³/mol. The molecular formula is C28H20FN3O3. The van der Waals surface area contributed by atoms with Gasteiger partial charge in [0.05, 0.1) is 41.9 Å². The molecule has 1 aliphatic rings. The third-order valence-electron chi connectivity index (χ3n) is 5.68. The maximum Gasteiger partial charge on any atom is 0.335 e. The number of halogens is 1. The fourth-order valence-corrected chi connectivity index (χ4v) is 4.02. The van der Waals surface area contributed by atoms with Crippen LogP contribution in [0.4, 0.5) is 4.39 Å². The second kappa shape index (κ2) is 9.30. The maximum absolute atomic E-state index is 13.7. The van der Waals surface area contributed by atoms with Gasteiger partial charge in [-0.2, -0.15) is 5.10 Å². The highest BCUT2D eigenvalue weighted by Gasteiger charge is 2.30. The van der Waals surface area contributed by atoms with E-state index in [1.165, 1.54) is 31.4 Å². The molecule has 0 fully saturated rings. The Morgan fingerprint density at radius 2 is 1.57 bits per heavy atom. The van der Waals surface area contributed by atoms with Gasteiger partial charge in [-0.3, -0.25) is 9.79 Å². The zero-order valence-corrected chi connectivity index (χ0v) is 18.8. The predicted octanol–water partition coefficient (Wildman–Crippen LogP) is 4.92. The summed E-state index contributed by atoms with van der Waals surface area (Å²) in [5.41, 5.74) is 3.86. The summed E-state index contributed by atoms with van der Waals surface area (Å²) in [4.78, 5) is 30.7. The van der Waals surface area contributed by atoms with Crippen molar-refractivity contribution >= 4 is 23.5 Å². The molecule has 172 valence electrons. The van der Waals surface area contributed by atoms with Crippen molar-refractivity contribution in [2.75, 3.05) is 13.7 Å². The van der Waals surface area contributed by atoms with E-state index in [9.17, 15) is 14.0 Å². The highest BCUT2D eigenvalue weighted by atomic mass is 19.1. The molecule has 5 rings (SSSR count). The lowest BCUT2D eigenvalue weighted by Gasteiger charge is -2.12. The van der Waals surface area contributed by atoms with Crippen LogP contribution in [-0.2, 0) is 9.53 Å². The number of aliphatic imine (C=N–C) groups is 1. The van der Waals surface area contributed by atoms with Crippen molar-refractivity contribution < 1.29 is 18.7 Å². The van der Waals surface area contributed by atoms with Crippen molar-refractivity contribution in [3.63, 3.8) is 0 Å². The Morgan fingerprint density at radius 1 is 0.914 bits per heavy atom. The first-order valence-corrected chi connectivity index (χ1v) is 10.9. The lowest BCUT2D eigenvalue weighted by atomic mass is 9.95. The Morgan fingerprint density at radius 3 is 2.23 bits per heavy atom. The Kier molecular flexibility index (Phi) is 5.89. The summed E-state index contributed by atoms with van der Waals surface area (Å²) in [6.45, 7) is -0.0507. The summed E-state index contributed by atoms with van der Waals surface area (Å²) in [5, 5.41) is 4.80. The lowest BCUT2D eigenvalue weighted by molar-refractivity contribution is -0.136. The van der Waals surface area contributed by atoms with Gasteiger partial charge >= 0.3 is 5.97 Å². The van der Waals surface area contributed by atoms with Crippen LogP contribution in [0.15, 0.2) is 95.5 Å². The normalized spacial score (nSPS) is 12.7. The third-order valence-corrected chi connectivity index (χ3v) is 5.68. The molecular weight excluding hydrogens is 445 g/mol. The number of nitrogens with zero attached hydrogens (tertiary/aromatic N) is 3. The van der Waals surface area contributed by atoms with Crippen LogP contribution in [0.5, 0.6) is 0 Å². The first-order valence-electron chi connectivity index (χ1n) is 10.9. The van der Waals surface area contributed by atoms with Gasteiger partial charge in [-0.1, -0.05) is 48.5 Å². The molecule has 0 radical (unpaired) electrons. The zero-order valence-electron chi connectivity index (χ0n) is 18.8. The van der Waals surface area contributed by atoms with Crippen LogP contribution < -0.4 is 0 Å². The lowest BCUT2D eigenvalue weighted by Crippen LogP contribution is -2.18. The molecule has 0 saturated heterocycles. The quantitative estimate of drug-likeness (QED) is 0.310. The highest BCUT2D eigenvalue weighted by Crippen LogP contribution is 2.33. The average Bonchev–Trinajstić information content (AvgIpc) is 3.17. The number of benzene rings is 3. The number of ether oxygens (including phenoxy) is 1. The number of rotatable bonds is 5. The maximum atomic E-state index is 13.7. The number of fused-ring (bicyclic) bond motifs is 1. The second-order valence-electron chi connectivity index (χ2n) is 7.88. The van der Waals surface area contributed by atoms with E-state index in [2.05, 4.69) is 4.99 Å². The van der Waals surface area contributed by atoms with Crippen LogP contribution in [0.1, 0.15) is 21.6 Å². The van der Waals surface area contributed by atoms with Crippen LogP contribution >= 0.6 is 0 Å². The minimum Gasteiger partial charge on any atom is -0.466 e. The second-order valence-corrected chi connectivity index (χ2v) is 7.88. The zero-order chi connectivity index (χ0) is 24.4. The summed E-state index contributed by atoms with van der Waals surface area (Å²) in [6, 6.07) is 24.3. The van der Waals surface area contributed by atoms with Crippen molar-refractivity contribution in [2.24, 2.45) is 4.99 Å². The van der Waals surface area contributed by atoms with E-state index < -0.39 is 17.6 Å². The van der Waals surface area contributed by atoms with Gasteiger partial charge in [0, 0.05) is 11.1 Å². The monoisotopic (exact) mass is 465 g/mol. The molecule has 0 N–H and O–H groups in total. The number of hydrogen-bond donors (Lipinski definition) is 0. The van der Waals surface area contributed by atoms with Crippen LogP contribution in [0.3, 0.4) is 0 Å². The first-order chi connectivity index (χ1) is 17.1. The SMILES string of the molecule is COC(=O)C1=Cc2nn(-c3ccccc3)c(-c3ccccc3)c2C(C(=O)c2ccc(F)cc2)=NC1. The Bertz CT molecular complexity index is 1470. The van der Waals surface area contributed by atoms with E-state index in [1.807, 2.05) is 60.7 Å². The molecule has 6 nitrogen and oxygen atoms in total. The van der Waals surface area contributed by atoms with Gasteiger partial charge < -0.3 is 4.74 Å². The topological polar surface area (TPSA) is 73.5 Å². The number of aromatic nitrogens is 2. The number of hydrogen-bond acceptors (Lipinski definition) is 5. The van der Waals surface area contributed by atoms with E-state index in [4.69, 9.17) is 9.84 Å². The van der Waals surface area contributed by atoms with E-state index >= 15 is 0 Å². The number of carbonyl (C=O) groups is 2. The van der Waals surface area contributed by atoms with Crippen molar-refractivity contribution in [1.29, 1.82) is 0 Å². The molecule has 0 spiro atoms. The third kappa shape index (κ3) is 4.19. The van der Waals surface area contributed by atoms with E-state index in [-0.39, 0.29) is 23.4 Å². The molecule has 2 heterocycles. The summed E-state index contributed by atoms with van der Waals surface area (Å²) in [6.07, 6.45) is 1.61. The average molecular weight is 465 g/mol. The van der Waals surface area contributed by atoms with E-state index in [1.54, 1.807) is 10.8 Å². The molecule has 0 aliphatic carbocycles. The largest absolute Gasteiger partial charge is 0.466 e. The summed E-state index contributed by atoms with van der Waals surface area (Å²) in [7, 11) is 1.29. The number of carbonyl (C=O) groups excluding carboxylic acids is 2. The van der Waals surface area contributed by atoms with Gasteiger partial charge in [0.1, 0.15) is 11.5 Å². The molecule has 0 bridgehead atoms. The van der Waals surface area contributed by atoms with Gasteiger partial charge in [0.25, 0.3) is 0 Å². The molecule has 7 heteroatoms. The van der Waals surface area contributed by atoms with Crippen molar-refractivity contribution in [3.8, 4) is 16.9 Å². The van der Waals surface area contributed by atoms with Crippen LogP contribution in [0, 0.1) is 5.82 Å². The van der Waals surface area contributed by atoms with Gasteiger partial charge in [-0.15, -0.1) is 0 Å². The number of Topliss-reactive ketones (excluding diaryl/α,β-unsaturated/α-hetero) is 1. The molecule has 0 amide bonds. The van der Waals surface area contributed by atoms with Gasteiger partial charge in [0.2, 0.25) is 5.78 Å². The molecule has 3 aromatic carbocycles. The molecule has 0 atom stereocenters. The van der Waals surface area contributed by atoms with Crippen molar-refractivity contribution in [3.05, 3.63) is 113 Å². The van der Waals surface area contributed by atoms with Crippen LogP contribution in [0.2, 0.25) is 0 Å². The summed E-state index contributed by atoms with van der Waals surface area (Å²) in [5.74, 6) is -1.39. The molecule has 0 unspecified atom stereocenters. The minimum atomic E-state index is -0.550. The number of para-hydroxylation sites is 1. The summed E-state index contributed by atoms with van der Waals surface area (Å²) >= 11 is 0. The fraction of sp³-hybridized carbons (Fsp3) is 0.0714. The van der Waals surface area contributed by atoms with E-state index in [0.717, 1.165) is 11.3 Å². The first kappa shape index (κ1) is 22.2. The Balaban J connectivity index is 1.80. The Labute approximate surface area is 201 Å². The molecule has 1 aromatic heterocycles. The molecule has 4 aromatic rings. The highest BCUT2D eigenvalue weighted by molar-refractivity contribution is 6.53. The number of esters is 1. The van der Waals surface area contributed by atoms with Gasteiger partial charge in [0.15, 0.2) is 0 Å². The smallest absolute Gasteiger partial charge is 0.335 e. The van der Waals surface area contributed by atoms with Crippen molar-refractivity contribution in [2.45, 2.75) is 0 Å². The number of ketones is 1. The molecule has 0 saturated carbocycles. The fourth-order valence-electron chi connectivity index (χ4n) is 4.02. The van der Waals surface area contributed by atoms with E-state index in [0.29, 0.717) is 17.0 Å². The standard InChI is InChI=1S/C28H20FN3O3/c1-35-28(34)20-16-23-24(25(30-17-20)27(33)19-12-14-21(29)15-13-19)26(18-8-4-2-5-9-18)32(31-23)22-10-6-3-7-11-22/h2-16H,17H2,1H3. The molecule has 1 aliphatic heterocycles. The minimum absolute atomic E-state index is 0.0507. The van der Waals surface area contributed by atoms with Gasteiger partial charge in [-0.25, -0.2) is 13.9 Å². The summed E-state index contributed by atoms with van der Waals surface area (Å²) < 4.78 is 20.2. The Hall–Kier alpha value is -4.65.